The fraction of sp³-hybridized carbons (Fsp3) is 0.111. The molecule has 0 bridgehead atoms. The van der Waals surface area contributed by atoms with Crippen molar-refractivity contribution in [3.63, 3.8) is 0 Å². The number of halogens is 4. The lowest BCUT2D eigenvalue weighted by Gasteiger charge is -2.10. The molecule has 0 atom stereocenters. The number of alkyl halides is 3. The van der Waals surface area contributed by atoms with Gasteiger partial charge in [0.25, 0.3) is 0 Å². The maximum atomic E-state index is 13.1. The molecule has 96 valence electrons. The Labute approximate surface area is 103 Å². The highest BCUT2D eigenvalue weighted by Crippen LogP contribution is 2.32. The molecule has 0 aliphatic carbocycles. The SMILES string of the molecule is Nc1n[nH]c(=S)n1-c1ccc(F)c(C(F)(F)F)c1. The van der Waals surface area contributed by atoms with Crippen molar-refractivity contribution in [2.75, 3.05) is 5.73 Å². The molecule has 0 aliphatic rings. The predicted octanol–water partition coefficient (Wildman–Crippen LogP) is 2.67. The first-order chi connectivity index (χ1) is 8.30. The van der Waals surface area contributed by atoms with Crippen LogP contribution in [0.15, 0.2) is 18.2 Å². The molecule has 9 heteroatoms. The Kier molecular flexibility index (Phi) is 2.85. The van der Waals surface area contributed by atoms with E-state index in [0.717, 1.165) is 10.6 Å². The molecular weight excluding hydrogens is 272 g/mol. The summed E-state index contributed by atoms with van der Waals surface area (Å²) in [6.07, 6.45) is -4.79. The summed E-state index contributed by atoms with van der Waals surface area (Å²) in [5.41, 5.74) is 4.05. The van der Waals surface area contributed by atoms with E-state index in [-0.39, 0.29) is 16.4 Å². The number of rotatable bonds is 1. The first-order valence-corrected chi connectivity index (χ1v) is 5.01. The minimum atomic E-state index is -4.79. The minimum absolute atomic E-state index is 0.0139. The minimum Gasteiger partial charge on any atom is -0.368 e. The number of hydrogen-bond acceptors (Lipinski definition) is 3. The standard InChI is InChI=1S/C9H6F4N4S/c10-6-2-1-4(3-5(6)9(11,12)13)17-7(14)15-16-8(17)18/h1-3H,(H2,14,15)(H,16,18). The van der Waals surface area contributed by atoms with Crippen LogP contribution in [0.5, 0.6) is 0 Å². The van der Waals surface area contributed by atoms with Crippen molar-refractivity contribution in [1.29, 1.82) is 0 Å². The highest BCUT2D eigenvalue weighted by atomic mass is 32.1. The molecule has 0 unspecified atom stereocenters. The van der Waals surface area contributed by atoms with Crippen LogP contribution in [0, 0.1) is 10.6 Å². The van der Waals surface area contributed by atoms with Gasteiger partial charge in [-0.3, -0.25) is 4.57 Å². The number of nitrogens with zero attached hydrogens (tertiary/aromatic N) is 2. The lowest BCUT2D eigenvalue weighted by atomic mass is 10.2. The van der Waals surface area contributed by atoms with Crippen LogP contribution in [0.4, 0.5) is 23.5 Å². The average Bonchev–Trinajstić information content (AvgIpc) is 2.58. The Morgan fingerprint density at radius 2 is 2.00 bits per heavy atom. The molecule has 4 nitrogen and oxygen atoms in total. The normalized spacial score (nSPS) is 11.8. The molecule has 0 aliphatic heterocycles. The van der Waals surface area contributed by atoms with Crippen molar-refractivity contribution >= 4 is 18.2 Å². The average molecular weight is 278 g/mol. The zero-order valence-electron chi connectivity index (χ0n) is 8.62. The van der Waals surface area contributed by atoms with Gasteiger partial charge in [-0.2, -0.15) is 13.2 Å². The van der Waals surface area contributed by atoms with E-state index in [1.54, 1.807) is 0 Å². The van der Waals surface area contributed by atoms with Gasteiger partial charge < -0.3 is 5.73 Å². The van der Waals surface area contributed by atoms with E-state index >= 15 is 0 Å². The summed E-state index contributed by atoms with van der Waals surface area (Å²) in [7, 11) is 0. The van der Waals surface area contributed by atoms with E-state index in [4.69, 9.17) is 18.0 Å². The zero-order valence-corrected chi connectivity index (χ0v) is 9.44. The van der Waals surface area contributed by atoms with Crippen LogP contribution in [0.2, 0.25) is 0 Å². The largest absolute Gasteiger partial charge is 0.419 e. The van der Waals surface area contributed by atoms with Gasteiger partial charge in [0, 0.05) is 0 Å². The molecule has 1 heterocycles. The van der Waals surface area contributed by atoms with Crippen LogP contribution in [0.3, 0.4) is 0 Å². The maximum Gasteiger partial charge on any atom is 0.419 e. The molecule has 1 aromatic carbocycles. The molecule has 0 radical (unpaired) electrons. The fourth-order valence-corrected chi connectivity index (χ4v) is 1.67. The number of nitrogens with one attached hydrogen (secondary N) is 1. The zero-order chi connectivity index (χ0) is 13.5. The third-order valence-electron chi connectivity index (χ3n) is 2.21. The Hall–Kier alpha value is -1.90. The monoisotopic (exact) mass is 278 g/mol. The first kappa shape index (κ1) is 12.6. The smallest absolute Gasteiger partial charge is 0.368 e. The second kappa shape index (κ2) is 4.09. The summed E-state index contributed by atoms with van der Waals surface area (Å²) in [5, 5.41) is 5.88. The van der Waals surface area contributed by atoms with Gasteiger partial charge in [0.05, 0.1) is 11.3 Å². The van der Waals surface area contributed by atoms with Crippen molar-refractivity contribution < 1.29 is 17.6 Å². The number of aromatic amines is 1. The number of hydrogen-bond donors (Lipinski definition) is 2. The Morgan fingerprint density at radius 3 is 2.50 bits per heavy atom. The molecule has 0 spiro atoms. The van der Waals surface area contributed by atoms with Crippen LogP contribution in [0.25, 0.3) is 5.69 Å². The van der Waals surface area contributed by atoms with Crippen LogP contribution in [-0.4, -0.2) is 14.8 Å². The van der Waals surface area contributed by atoms with Gasteiger partial charge in [-0.15, -0.1) is 5.10 Å². The van der Waals surface area contributed by atoms with Crippen molar-refractivity contribution in [2.24, 2.45) is 0 Å². The Balaban J connectivity index is 2.65. The molecule has 0 saturated carbocycles. The first-order valence-electron chi connectivity index (χ1n) is 4.60. The van der Waals surface area contributed by atoms with Gasteiger partial charge in [-0.1, -0.05) is 0 Å². The molecule has 18 heavy (non-hydrogen) atoms. The summed E-state index contributed by atoms with van der Waals surface area (Å²) in [6.45, 7) is 0. The van der Waals surface area contributed by atoms with E-state index in [1.165, 1.54) is 0 Å². The van der Waals surface area contributed by atoms with Crippen LogP contribution < -0.4 is 5.73 Å². The molecule has 2 rings (SSSR count). The lowest BCUT2D eigenvalue weighted by molar-refractivity contribution is -0.140. The van der Waals surface area contributed by atoms with Crippen molar-refractivity contribution in [2.45, 2.75) is 6.18 Å². The second-order valence-corrected chi connectivity index (χ2v) is 3.77. The van der Waals surface area contributed by atoms with E-state index in [1.807, 2.05) is 0 Å². The Bertz CT molecular complexity index is 643. The summed E-state index contributed by atoms with van der Waals surface area (Å²) in [4.78, 5) is 0. The van der Waals surface area contributed by atoms with Gasteiger partial charge in [-0.05, 0) is 30.4 Å². The van der Waals surface area contributed by atoms with Crippen molar-refractivity contribution in [1.82, 2.24) is 14.8 Å². The van der Waals surface area contributed by atoms with E-state index in [0.29, 0.717) is 12.1 Å². The number of aromatic nitrogens is 3. The number of nitrogen functional groups attached to an aromatic ring is 1. The van der Waals surface area contributed by atoms with Crippen LogP contribution >= 0.6 is 12.2 Å². The maximum absolute atomic E-state index is 13.1. The summed E-state index contributed by atoms with van der Waals surface area (Å²) < 4.78 is 51.8. The van der Waals surface area contributed by atoms with Crippen molar-refractivity contribution in [3.8, 4) is 5.69 Å². The highest BCUT2D eigenvalue weighted by Gasteiger charge is 2.34. The van der Waals surface area contributed by atoms with Gasteiger partial charge in [-0.25, -0.2) is 9.49 Å². The van der Waals surface area contributed by atoms with Crippen molar-refractivity contribution in [3.05, 3.63) is 34.4 Å². The van der Waals surface area contributed by atoms with Crippen LogP contribution in [-0.2, 0) is 6.18 Å². The number of benzene rings is 1. The third kappa shape index (κ3) is 2.08. The highest BCUT2D eigenvalue weighted by molar-refractivity contribution is 7.71. The summed E-state index contributed by atoms with van der Waals surface area (Å²) in [5.74, 6) is -1.47. The molecule has 3 N–H and O–H groups in total. The van der Waals surface area contributed by atoms with Gasteiger partial charge in [0.15, 0.2) is 0 Å². The molecule has 2 aromatic rings. The molecule has 0 saturated heterocycles. The Morgan fingerprint density at radius 1 is 1.33 bits per heavy atom. The van der Waals surface area contributed by atoms with Gasteiger partial charge >= 0.3 is 6.18 Å². The quantitative estimate of drug-likeness (QED) is 0.623. The third-order valence-corrected chi connectivity index (χ3v) is 2.49. The topological polar surface area (TPSA) is 59.6 Å². The van der Waals surface area contributed by atoms with E-state index < -0.39 is 17.6 Å². The second-order valence-electron chi connectivity index (χ2n) is 3.38. The lowest BCUT2D eigenvalue weighted by Crippen LogP contribution is -2.10. The molecule has 1 aromatic heterocycles. The van der Waals surface area contributed by atoms with E-state index in [9.17, 15) is 17.6 Å². The number of H-pyrrole nitrogens is 1. The molecule has 0 amide bonds. The number of anilines is 1. The fourth-order valence-electron chi connectivity index (χ4n) is 1.43. The molecule has 0 fully saturated rings. The number of nitrogens with two attached hydrogens (primary N) is 1. The summed E-state index contributed by atoms with van der Waals surface area (Å²) >= 11 is 4.81. The van der Waals surface area contributed by atoms with Gasteiger partial charge in [0.2, 0.25) is 10.7 Å². The molecular formula is C9H6F4N4S. The predicted molar refractivity (Wildman–Crippen MR) is 58.1 cm³/mol. The van der Waals surface area contributed by atoms with E-state index in [2.05, 4.69) is 10.2 Å². The van der Waals surface area contributed by atoms with Crippen LogP contribution in [0.1, 0.15) is 5.56 Å². The summed E-state index contributed by atoms with van der Waals surface area (Å²) in [6, 6.07) is 2.45. The van der Waals surface area contributed by atoms with Gasteiger partial charge in [0.1, 0.15) is 5.82 Å².